The molecule has 0 unspecified atom stereocenters. The summed E-state index contributed by atoms with van der Waals surface area (Å²) in [6, 6.07) is 12.9. The van der Waals surface area contributed by atoms with Gasteiger partial charge in [0.2, 0.25) is 0 Å². The van der Waals surface area contributed by atoms with Crippen LogP contribution in [0.3, 0.4) is 0 Å². The molecule has 0 saturated heterocycles. The topological polar surface area (TPSA) is 63.1 Å². The van der Waals surface area contributed by atoms with Crippen molar-refractivity contribution >= 4 is 62.5 Å². The number of ketones is 1. The van der Waals surface area contributed by atoms with Crippen molar-refractivity contribution < 1.29 is 9.59 Å². The maximum Gasteiger partial charge on any atom is 0.296 e. The molecule has 138 valence electrons. The molecule has 1 aliphatic heterocycles. The lowest BCUT2D eigenvalue weighted by Gasteiger charge is -2.08. The number of carbonyl (C=O) groups is 2. The standard InChI is InChI=1S/C20H17ClIN3O2/c21-14-11-12(5-6-15(14)22)24-20(27)19(26)18-13-3-1-2-4-16(13)25-10-9-23-8-7-17(18)25/h1-6,11,23H,7-10H2,(H,24,27). The molecule has 1 aromatic heterocycles. The molecule has 0 spiro atoms. The van der Waals surface area contributed by atoms with E-state index >= 15 is 0 Å². The second kappa shape index (κ2) is 7.61. The third-order valence-electron chi connectivity index (χ3n) is 4.74. The SMILES string of the molecule is O=C(Nc1ccc(I)c(Cl)c1)C(=O)c1c2n(c3ccccc13)CCNCC2. The second-order valence-electron chi connectivity index (χ2n) is 6.40. The molecule has 0 aliphatic carbocycles. The molecular formula is C20H17ClIN3O2. The molecule has 7 heteroatoms. The van der Waals surface area contributed by atoms with Crippen LogP contribution in [-0.2, 0) is 17.8 Å². The Morgan fingerprint density at radius 3 is 2.78 bits per heavy atom. The summed E-state index contributed by atoms with van der Waals surface area (Å²) in [5, 5.41) is 7.39. The first-order valence-electron chi connectivity index (χ1n) is 8.68. The van der Waals surface area contributed by atoms with E-state index in [2.05, 4.69) is 37.8 Å². The minimum absolute atomic E-state index is 0.503. The molecule has 27 heavy (non-hydrogen) atoms. The minimum Gasteiger partial charge on any atom is -0.343 e. The van der Waals surface area contributed by atoms with E-state index in [9.17, 15) is 9.59 Å². The molecule has 0 atom stereocenters. The van der Waals surface area contributed by atoms with Crippen molar-refractivity contribution in [1.82, 2.24) is 9.88 Å². The summed E-state index contributed by atoms with van der Waals surface area (Å²) in [6.45, 7) is 2.40. The Labute approximate surface area is 175 Å². The van der Waals surface area contributed by atoms with Gasteiger partial charge in [0.15, 0.2) is 0 Å². The largest absolute Gasteiger partial charge is 0.343 e. The molecule has 1 aliphatic rings. The van der Waals surface area contributed by atoms with Crippen molar-refractivity contribution in [2.75, 3.05) is 18.4 Å². The Kier molecular flexibility index (Phi) is 5.21. The Bertz CT molecular complexity index is 1060. The molecule has 5 nitrogen and oxygen atoms in total. The molecule has 0 fully saturated rings. The molecule has 2 N–H and O–H groups in total. The van der Waals surface area contributed by atoms with E-state index < -0.39 is 11.7 Å². The van der Waals surface area contributed by atoms with E-state index in [-0.39, 0.29) is 0 Å². The van der Waals surface area contributed by atoms with Gasteiger partial charge in [-0.25, -0.2) is 0 Å². The fourth-order valence-electron chi connectivity index (χ4n) is 3.52. The Hall–Kier alpha value is -1.90. The first kappa shape index (κ1) is 18.5. The number of nitrogens with zero attached hydrogens (tertiary/aromatic N) is 1. The fourth-order valence-corrected chi connectivity index (χ4v) is 4.04. The Morgan fingerprint density at radius 2 is 1.96 bits per heavy atom. The highest BCUT2D eigenvalue weighted by atomic mass is 127. The fraction of sp³-hybridized carbons (Fsp3) is 0.200. The Balaban J connectivity index is 1.72. The van der Waals surface area contributed by atoms with Crippen LogP contribution in [-0.4, -0.2) is 29.3 Å². The number of anilines is 1. The van der Waals surface area contributed by atoms with Crippen LogP contribution in [0, 0.1) is 3.57 Å². The number of hydrogen-bond acceptors (Lipinski definition) is 3. The summed E-state index contributed by atoms with van der Waals surface area (Å²) in [7, 11) is 0. The summed E-state index contributed by atoms with van der Waals surface area (Å²) in [5.74, 6) is -1.17. The summed E-state index contributed by atoms with van der Waals surface area (Å²) in [4.78, 5) is 25.8. The van der Waals surface area contributed by atoms with Crippen LogP contribution in [0.1, 0.15) is 16.1 Å². The maximum absolute atomic E-state index is 13.1. The van der Waals surface area contributed by atoms with Gasteiger partial charge in [-0.15, -0.1) is 0 Å². The Morgan fingerprint density at radius 1 is 1.15 bits per heavy atom. The van der Waals surface area contributed by atoms with Crippen molar-refractivity contribution in [3.05, 3.63) is 62.3 Å². The smallest absolute Gasteiger partial charge is 0.296 e. The van der Waals surface area contributed by atoms with Gasteiger partial charge in [-0.1, -0.05) is 29.8 Å². The molecular weight excluding hydrogens is 477 g/mol. The van der Waals surface area contributed by atoms with Gasteiger partial charge in [-0.3, -0.25) is 9.59 Å². The number of hydrogen-bond donors (Lipinski definition) is 2. The number of nitrogens with one attached hydrogen (secondary N) is 2. The first-order chi connectivity index (χ1) is 13.1. The predicted octanol–water partition coefficient (Wildman–Crippen LogP) is 3.87. The van der Waals surface area contributed by atoms with Crippen LogP contribution in [0.2, 0.25) is 5.02 Å². The molecule has 4 rings (SSSR count). The molecule has 2 heterocycles. The number of halogens is 2. The zero-order chi connectivity index (χ0) is 19.0. The quantitative estimate of drug-likeness (QED) is 0.331. The average molecular weight is 494 g/mol. The van der Waals surface area contributed by atoms with Crippen LogP contribution < -0.4 is 10.6 Å². The van der Waals surface area contributed by atoms with Gasteiger partial charge in [0.25, 0.3) is 11.7 Å². The average Bonchev–Trinajstić information content (AvgIpc) is 2.80. The predicted molar refractivity (Wildman–Crippen MR) is 116 cm³/mol. The number of benzene rings is 2. The highest BCUT2D eigenvalue weighted by Crippen LogP contribution is 2.29. The highest BCUT2D eigenvalue weighted by Gasteiger charge is 2.27. The molecule has 2 aromatic carbocycles. The van der Waals surface area contributed by atoms with Gasteiger partial charge in [0.05, 0.1) is 10.6 Å². The van der Waals surface area contributed by atoms with Crippen LogP contribution in [0.25, 0.3) is 10.9 Å². The summed E-state index contributed by atoms with van der Waals surface area (Å²) >= 11 is 8.23. The van der Waals surface area contributed by atoms with E-state index in [4.69, 9.17) is 11.6 Å². The van der Waals surface area contributed by atoms with Crippen molar-refractivity contribution in [1.29, 1.82) is 0 Å². The van der Waals surface area contributed by atoms with Gasteiger partial charge < -0.3 is 15.2 Å². The number of fused-ring (bicyclic) bond motifs is 3. The lowest BCUT2D eigenvalue weighted by molar-refractivity contribution is -0.112. The lowest BCUT2D eigenvalue weighted by Crippen LogP contribution is -2.24. The number of Topliss-reactive ketones (excluding diaryl/α,β-unsaturated/α-hetero) is 1. The zero-order valence-electron chi connectivity index (χ0n) is 14.4. The van der Waals surface area contributed by atoms with Crippen LogP contribution >= 0.6 is 34.2 Å². The monoisotopic (exact) mass is 493 g/mol. The normalized spacial score (nSPS) is 13.9. The van der Waals surface area contributed by atoms with Gasteiger partial charge in [0.1, 0.15) is 0 Å². The molecule has 1 amide bonds. The lowest BCUT2D eigenvalue weighted by atomic mass is 10.0. The number of carbonyl (C=O) groups excluding carboxylic acids is 2. The van der Waals surface area contributed by atoms with E-state index in [1.54, 1.807) is 18.2 Å². The molecule has 0 radical (unpaired) electrons. The van der Waals surface area contributed by atoms with Crippen LogP contribution in [0.5, 0.6) is 0 Å². The third-order valence-corrected chi connectivity index (χ3v) is 6.31. The zero-order valence-corrected chi connectivity index (χ0v) is 17.3. The van der Waals surface area contributed by atoms with Gasteiger partial charge in [-0.05, 0) is 46.9 Å². The van der Waals surface area contributed by atoms with E-state index in [0.29, 0.717) is 22.7 Å². The first-order valence-corrected chi connectivity index (χ1v) is 10.1. The van der Waals surface area contributed by atoms with Crippen LogP contribution in [0.15, 0.2) is 42.5 Å². The molecule has 0 saturated carbocycles. The third kappa shape index (κ3) is 3.49. The second-order valence-corrected chi connectivity index (χ2v) is 7.97. The summed E-state index contributed by atoms with van der Waals surface area (Å²) < 4.78 is 3.03. The van der Waals surface area contributed by atoms with Crippen molar-refractivity contribution in [3.8, 4) is 0 Å². The minimum atomic E-state index is -0.649. The van der Waals surface area contributed by atoms with E-state index in [0.717, 1.165) is 39.8 Å². The number of amides is 1. The van der Waals surface area contributed by atoms with E-state index in [1.165, 1.54) is 0 Å². The summed E-state index contributed by atoms with van der Waals surface area (Å²) in [6.07, 6.45) is 0.707. The molecule has 3 aromatic rings. The summed E-state index contributed by atoms with van der Waals surface area (Å²) in [5.41, 5.74) is 2.92. The van der Waals surface area contributed by atoms with Gasteiger partial charge in [0, 0.05) is 51.9 Å². The van der Waals surface area contributed by atoms with Crippen LogP contribution in [0.4, 0.5) is 5.69 Å². The maximum atomic E-state index is 13.1. The van der Waals surface area contributed by atoms with Crippen molar-refractivity contribution in [2.24, 2.45) is 0 Å². The molecule has 0 bridgehead atoms. The van der Waals surface area contributed by atoms with Crippen molar-refractivity contribution in [2.45, 2.75) is 13.0 Å². The number of para-hydroxylation sites is 1. The van der Waals surface area contributed by atoms with Gasteiger partial charge >= 0.3 is 0 Å². The van der Waals surface area contributed by atoms with Crippen molar-refractivity contribution in [3.63, 3.8) is 0 Å². The van der Waals surface area contributed by atoms with E-state index in [1.807, 2.05) is 24.3 Å². The highest BCUT2D eigenvalue weighted by molar-refractivity contribution is 14.1. The number of aromatic nitrogens is 1. The number of rotatable bonds is 3. The van der Waals surface area contributed by atoms with Gasteiger partial charge in [-0.2, -0.15) is 0 Å².